The normalized spacial score (nSPS) is 20.1. The number of nitrogens with zero attached hydrogens (tertiary/aromatic N) is 2. The van der Waals surface area contributed by atoms with Gasteiger partial charge in [0.2, 0.25) is 11.8 Å². The van der Waals surface area contributed by atoms with Gasteiger partial charge in [0.15, 0.2) is 17.6 Å². The van der Waals surface area contributed by atoms with Crippen molar-refractivity contribution in [3.05, 3.63) is 24.3 Å². The molecule has 1 fully saturated rings. The third-order valence-electron chi connectivity index (χ3n) is 3.97. The van der Waals surface area contributed by atoms with Crippen LogP contribution in [0.4, 0.5) is 0 Å². The van der Waals surface area contributed by atoms with Crippen LogP contribution in [0.2, 0.25) is 0 Å². The Hall–Kier alpha value is -2.24. The first-order valence-electron chi connectivity index (χ1n) is 7.53. The largest absolute Gasteiger partial charge is 0.486 e. The van der Waals surface area contributed by atoms with Crippen molar-refractivity contribution in [2.45, 2.75) is 18.9 Å². The molecule has 6 heteroatoms. The minimum Gasteiger partial charge on any atom is -0.486 e. The number of hydrogen-bond donors (Lipinski definition) is 0. The van der Waals surface area contributed by atoms with E-state index in [1.807, 2.05) is 24.3 Å². The van der Waals surface area contributed by atoms with Crippen LogP contribution in [0.3, 0.4) is 0 Å². The van der Waals surface area contributed by atoms with Gasteiger partial charge in [0.25, 0.3) is 0 Å². The fourth-order valence-corrected chi connectivity index (χ4v) is 2.72. The summed E-state index contributed by atoms with van der Waals surface area (Å²) >= 11 is 0. The van der Waals surface area contributed by atoms with E-state index in [1.54, 1.807) is 16.8 Å². The summed E-state index contributed by atoms with van der Waals surface area (Å²) in [6, 6.07) is 7.50. The van der Waals surface area contributed by atoms with Gasteiger partial charge in [-0.25, -0.2) is 0 Å². The van der Waals surface area contributed by atoms with E-state index in [0.29, 0.717) is 31.9 Å². The van der Waals surface area contributed by atoms with Crippen LogP contribution >= 0.6 is 0 Å². The molecular weight excluding hydrogens is 284 g/mol. The Morgan fingerprint density at radius 2 is 2.14 bits per heavy atom. The van der Waals surface area contributed by atoms with Crippen LogP contribution in [0.15, 0.2) is 24.3 Å². The Kier molecular flexibility index (Phi) is 4.18. The second kappa shape index (κ2) is 6.25. The molecule has 6 nitrogen and oxygen atoms in total. The molecular formula is C16H20N2O4. The van der Waals surface area contributed by atoms with Crippen molar-refractivity contribution in [2.24, 2.45) is 0 Å². The van der Waals surface area contributed by atoms with E-state index in [9.17, 15) is 9.59 Å². The number of fused-ring (bicyclic) bond motifs is 1. The van der Waals surface area contributed by atoms with Crippen LogP contribution < -0.4 is 9.47 Å². The molecule has 1 aromatic rings. The second-order valence-electron chi connectivity index (χ2n) is 5.69. The lowest BCUT2D eigenvalue weighted by molar-refractivity contribution is -0.138. The van der Waals surface area contributed by atoms with Gasteiger partial charge in [-0.05, 0) is 18.6 Å². The van der Waals surface area contributed by atoms with Crippen molar-refractivity contribution in [1.82, 2.24) is 9.80 Å². The monoisotopic (exact) mass is 304 g/mol. The van der Waals surface area contributed by atoms with Crippen LogP contribution in [0.5, 0.6) is 11.5 Å². The molecule has 2 aliphatic heterocycles. The number of para-hydroxylation sites is 2. The van der Waals surface area contributed by atoms with Gasteiger partial charge in [-0.2, -0.15) is 0 Å². The second-order valence-corrected chi connectivity index (χ2v) is 5.69. The predicted molar refractivity (Wildman–Crippen MR) is 79.8 cm³/mol. The molecule has 0 unspecified atom stereocenters. The van der Waals surface area contributed by atoms with Crippen LogP contribution in [0.1, 0.15) is 12.8 Å². The zero-order valence-corrected chi connectivity index (χ0v) is 12.7. The average Bonchev–Trinajstić information content (AvgIpc) is 2.92. The maximum atomic E-state index is 12.2. The van der Waals surface area contributed by atoms with E-state index in [2.05, 4.69) is 0 Å². The van der Waals surface area contributed by atoms with Crippen LogP contribution in [-0.2, 0) is 9.59 Å². The van der Waals surface area contributed by atoms with Crippen molar-refractivity contribution in [3.8, 4) is 11.5 Å². The zero-order valence-electron chi connectivity index (χ0n) is 12.7. The first kappa shape index (κ1) is 14.7. The number of benzene rings is 1. The van der Waals surface area contributed by atoms with Gasteiger partial charge in [0.1, 0.15) is 6.61 Å². The summed E-state index contributed by atoms with van der Waals surface area (Å²) < 4.78 is 11.5. The number of likely N-dealkylation sites (tertiary alicyclic amines) is 1. The lowest BCUT2D eigenvalue weighted by atomic mass is 10.2. The topological polar surface area (TPSA) is 59.1 Å². The summed E-state index contributed by atoms with van der Waals surface area (Å²) in [4.78, 5) is 27.0. The minimum atomic E-state index is -0.196. The van der Waals surface area contributed by atoms with Crippen molar-refractivity contribution < 1.29 is 19.1 Å². The number of carbonyl (C=O) groups is 2. The lowest BCUT2D eigenvalue weighted by Gasteiger charge is -2.30. The molecule has 2 aliphatic rings. The standard InChI is InChI=1S/C16H20N2O4/c1-17(16(20)10-18-8-4-7-15(18)19)9-12-11-21-13-5-2-3-6-14(13)22-12/h2-3,5-6,12H,4,7-11H2,1H3/t12-/m1/s1. The van der Waals surface area contributed by atoms with E-state index in [-0.39, 0.29) is 24.5 Å². The van der Waals surface area contributed by atoms with Gasteiger partial charge in [-0.15, -0.1) is 0 Å². The highest BCUT2D eigenvalue weighted by Crippen LogP contribution is 2.30. The molecule has 0 aliphatic carbocycles. The van der Waals surface area contributed by atoms with Gasteiger partial charge in [-0.3, -0.25) is 9.59 Å². The summed E-state index contributed by atoms with van der Waals surface area (Å²) in [7, 11) is 1.73. The smallest absolute Gasteiger partial charge is 0.242 e. The molecule has 0 aromatic heterocycles. The number of hydrogen-bond acceptors (Lipinski definition) is 4. The Morgan fingerprint density at radius 1 is 1.36 bits per heavy atom. The van der Waals surface area contributed by atoms with Crippen molar-refractivity contribution in [3.63, 3.8) is 0 Å². The molecule has 1 atom stereocenters. The Labute approximate surface area is 129 Å². The SMILES string of the molecule is CN(C[C@@H]1COc2ccccc2O1)C(=O)CN1CCCC1=O. The Morgan fingerprint density at radius 3 is 2.86 bits per heavy atom. The molecule has 0 saturated carbocycles. The molecule has 0 bridgehead atoms. The highest BCUT2D eigenvalue weighted by molar-refractivity contribution is 5.85. The molecule has 3 rings (SSSR count). The highest BCUT2D eigenvalue weighted by atomic mass is 16.6. The molecule has 0 radical (unpaired) electrons. The Bertz CT molecular complexity index is 575. The van der Waals surface area contributed by atoms with Crippen molar-refractivity contribution in [1.29, 1.82) is 0 Å². The van der Waals surface area contributed by atoms with Gasteiger partial charge >= 0.3 is 0 Å². The van der Waals surface area contributed by atoms with E-state index < -0.39 is 0 Å². The number of ether oxygens (including phenoxy) is 2. The molecule has 118 valence electrons. The van der Waals surface area contributed by atoms with Gasteiger partial charge < -0.3 is 19.3 Å². The molecule has 1 aromatic carbocycles. The van der Waals surface area contributed by atoms with Crippen LogP contribution in [-0.4, -0.2) is 61.0 Å². The maximum Gasteiger partial charge on any atom is 0.242 e. The summed E-state index contributed by atoms with van der Waals surface area (Å²) in [5.41, 5.74) is 0. The van der Waals surface area contributed by atoms with Crippen LogP contribution in [0, 0.1) is 0 Å². The fraction of sp³-hybridized carbons (Fsp3) is 0.500. The first-order chi connectivity index (χ1) is 10.6. The molecule has 2 amide bonds. The lowest BCUT2D eigenvalue weighted by Crippen LogP contribution is -2.45. The number of rotatable bonds is 4. The zero-order chi connectivity index (χ0) is 15.5. The Balaban J connectivity index is 1.52. The van der Waals surface area contributed by atoms with E-state index in [1.165, 1.54) is 0 Å². The fourth-order valence-electron chi connectivity index (χ4n) is 2.72. The summed E-state index contributed by atoms with van der Waals surface area (Å²) in [5, 5.41) is 0. The average molecular weight is 304 g/mol. The quantitative estimate of drug-likeness (QED) is 0.829. The van der Waals surface area contributed by atoms with Gasteiger partial charge in [-0.1, -0.05) is 12.1 Å². The third kappa shape index (κ3) is 3.16. The van der Waals surface area contributed by atoms with E-state index in [4.69, 9.17) is 9.47 Å². The third-order valence-corrected chi connectivity index (χ3v) is 3.97. The van der Waals surface area contributed by atoms with E-state index >= 15 is 0 Å². The predicted octanol–water partition coefficient (Wildman–Crippen LogP) is 0.907. The molecule has 1 saturated heterocycles. The first-order valence-corrected chi connectivity index (χ1v) is 7.53. The minimum absolute atomic E-state index is 0.0629. The highest BCUT2D eigenvalue weighted by Gasteiger charge is 2.27. The molecule has 0 spiro atoms. The van der Waals surface area contributed by atoms with Gasteiger partial charge in [0, 0.05) is 20.0 Å². The summed E-state index contributed by atoms with van der Waals surface area (Å²) in [5.74, 6) is 1.43. The number of carbonyl (C=O) groups excluding carboxylic acids is 2. The van der Waals surface area contributed by atoms with E-state index in [0.717, 1.165) is 12.2 Å². The number of likely N-dealkylation sites (N-methyl/N-ethyl adjacent to an activating group) is 1. The van der Waals surface area contributed by atoms with Crippen LogP contribution in [0.25, 0.3) is 0 Å². The molecule has 2 heterocycles. The summed E-state index contributed by atoms with van der Waals surface area (Å²) in [6.07, 6.45) is 1.19. The molecule has 22 heavy (non-hydrogen) atoms. The van der Waals surface area contributed by atoms with Crippen molar-refractivity contribution >= 4 is 11.8 Å². The van der Waals surface area contributed by atoms with Gasteiger partial charge in [0.05, 0.1) is 13.1 Å². The molecule has 0 N–H and O–H groups in total. The maximum absolute atomic E-state index is 12.2. The number of amides is 2. The van der Waals surface area contributed by atoms with Crippen molar-refractivity contribution in [2.75, 3.05) is 33.3 Å². The summed E-state index contributed by atoms with van der Waals surface area (Å²) in [6.45, 7) is 1.68.